The number of carbonyl (C=O) groups excluding carboxylic acids is 2. The first kappa shape index (κ1) is 31.4. The van der Waals surface area contributed by atoms with Crippen LogP contribution >= 0.6 is 27.5 Å². The van der Waals surface area contributed by atoms with E-state index in [2.05, 4.69) is 21.2 Å². The van der Waals surface area contributed by atoms with E-state index in [-0.39, 0.29) is 41.4 Å². The maximum atomic E-state index is 14.1. The number of ether oxygens (including phenoxy) is 1. The third-order valence-electron chi connectivity index (χ3n) is 6.03. The minimum Gasteiger partial charge on any atom is -0.495 e. The van der Waals surface area contributed by atoms with Gasteiger partial charge in [0.15, 0.2) is 0 Å². The lowest BCUT2D eigenvalue weighted by Gasteiger charge is -2.34. The van der Waals surface area contributed by atoms with Gasteiger partial charge in [-0.25, -0.2) is 8.42 Å². The van der Waals surface area contributed by atoms with E-state index >= 15 is 0 Å². The number of nitrogens with one attached hydrogen (secondary N) is 1. The normalized spacial score (nSPS) is 12.1. The summed E-state index contributed by atoms with van der Waals surface area (Å²) in [6.45, 7) is 3.19. The van der Waals surface area contributed by atoms with Gasteiger partial charge in [0.1, 0.15) is 18.3 Å². The fraction of sp³-hybridized carbons (Fsp3) is 0.310. The number of anilines is 1. The molecule has 3 rings (SSSR count). The standard InChI is InChI=1S/C29H33BrClN3O5S/c1-20(2)32-29(36)26(16-21-9-6-5-7-10-21)33(18-22-11-8-12-23(30)15-22)28(35)19-34(40(4,37)38)25-17-24(31)13-14-27(25)39-3/h5-15,17,20,26H,16,18-19H2,1-4H3,(H,32,36). The lowest BCUT2D eigenvalue weighted by atomic mass is 10.0. The molecule has 2 amide bonds. The number of amides is 2. The maximum absolute atomic E-state index is 14.1. The molecule has 1 N–H and O–H groups in total. The second-order valence-corrected chi connectivity index (χ2v) is 12.9. The van der Waals surface area contributed by atoms with Crippen molar-refractivity contribution in [2.75, 3.05) is 24.2 Å². The molecule has 3 aromatic carbocycles. The highest BCUT2D eigenvalue weighted by atomic mass is 79.9. The second-order valence-electron chi connectivity index (χ2n) is 9.61. The number of hydrogen-bond donors (Lipinski definition) is 1. The van der Waals surface area contributed by atoms with E-state index in [9.17, 15) is 18.0 Å². The number of methoxy groups -OCH3 is 1. The molecule has 40 heavy (non-hydrogen) atoms. The summed E-state index contributed by atoms with van der Waals surface area (Å²) >= 11 is 9.65. The molecule has 0 bridgehead atoms. The van der Waals surface area contributed by atoms with Crippen LogP contribution in [0.1, 0.15) is 25.0 Å². The second kappa shape index (κ2) is 14.0. The van der Waals surface area contributed by atoms with Crippen molar-refractivity contribution >= 4 is 55.1 Å². The number of benzene rings is 3. The summed E-state index contributed by atoms with van der Waals surface area (Å²) in [6, 6.07) is 20.2. The minimum atomic E-state index is -3.96. The molecule has 214 valence electrons. The number of hydrogen-bond acceptors (Lipinski definition) is 5. The van der Waals surface area contributed by atoms with E-state index < -0.39 is 28.5 Å². The van der Waals surface area contributed by atoms with Crippen LogP contribution in [0.3, 0.4) is 0 Å². The van der Waals surface area contributed by atoms with Crippen molar-refractivity contribution in [3.05, 3.63) is 93.4 Å². The molecule has 0 aliphatic carbocycles. The average molecular weight is 651 g/mol. The van der Waals surface area contributed by atoms with Crippen LogP contribution in [-0.2, 0) is 32.6 Å². The highest BCUT2D eigenvalue weighted by molar-refractivity contribution is 9.10. The molecule has 1 unspecified atom stereocenters. The Hall–Kier alpha value is -3.08. The van der Waals surface area contributed by atoms with Gasteiger partial charge in [-0.05, 0) is 55.3 Å². The molecule has 0 fully saturated rings. The zero-order valence-corrected chi connectivity index (χ0v) is 26.0. The summed E-state index contributed by atoms with van der Waals surface area (Å²) in [4.78, 5) is 29.1. The summed E-state index contributed by atoms with van der Waals surface area (Å²) in [7, 11) is -2.56. The summed E-state index contributed by atoms with van der Waals surface area (Å²) < 4.78 is 33.1. The first-order valence-electron chi connectivity index (χ1n) is 12.6. The lowest BCUT2D eigenvalue weighted by Crippen LogP contribution is -2.54. The van der Waals surface area contributed by atoms with Gasteiger partial charge in [0.05, 0.1) is 19.1 Å². The third kappa shape index (κ3) is 8.71. The molecule has 0 aromatic heterocycles. The van der Waals surface area contributed by atoms with Crippen molar-refractivity contribution in [2.24, 2.45) is 0 Å². The Labute approximate surface area is 249 Å². The van der Waals surface area contributed by atoms with Crippen molar-refractivity contribution in [1.29, 1.82) is 0 Å². The fourth-order valence-corrected chi connectivity index (χ4v) is 5.68. The van der Waals surface area contributed by atoms with Gasteiger partial charge in [-0.15, -0.1) is 0 Å². The van der Waals surface area contributed by atoms with Crippen molar-refractivity contribution < 1.29 is 22.7 Å². The number of rotatable bonds is 12. The largest absolute Gasteiger partial charge is 0.495 e. The van der Waals surface area contributed by atoms with Gasteiger partial charge in [-0.1, -0.05) is 70.0 Å². The molecular formula is C29H33BrClN3O5S. The van der Waals surface area contributed by atoms with Crippen LogP contribution in [0.4, 0.5) is 5.69 Å². The number of halogens is 2. The molecule has 0 saturated carbocycles. The zero-order valence-electron chi connectivity index (χ0n) is 22.8. The van der Waals surface area contributed by atoms with Crippen molar-refractivity contribution in [2.45, 2.75) is 38.9 Å². The van der Waals surface area contributed by atoms with E-state index in [0.717, 1.165) is 26.2 Å². The van der Waals surface area contributed by atoms with Crippen LogP contribution in [-0.4, -0.2) is 57.1 Å². The summed E-state index contributed by atoms with van der Waals surface area (Å²) in [5.74, 6) is -0.666. The van der Waals surface area contributed by atoms with Crippen LogP contribution in [0.2, 0.25) is 5.02 Å². The van der Waals surface area contributed by atoms with E-state index in [4.69, 9.17) is 16.3 Å². The first-order chi connectivity index (χ1) is 18.9. The Bertz CT molecular complexity index is 1440. The van der Waals surface area contributed by atoms with E-state index in [1.165, 1.54) is 24.1 Å². The molecule has 8 nitrogen and oxygen atoms in total. The summed E-state index contributed by atoms with van der Waals surface area (Å²) in [5.41, 5.74) is 1.75. The molecule has 0 radical (unpaired) electrons. The number of nitrogens with zero attached hydrogens (tertiary/aromatic N) is 2. The predicted molar refractivity (Wildman–Crippen MR) is 162 cm³/mol. The molecule has 11 heteroatoms. The van der Waals surface area contributed by atoms with Gasteiger partial charge in [0, 0.05) is 28.5 Å². The Balaban J connectivity index is 2.10. The highest BCUT2D eigenvalue weighted by Gasteiger charge is 2.34. The molecular weight excluding hydrogens is 618 g/mol. The van der Waals surface area contributed by atoms with Gasteiger partial charge in [-0.2, -0.15) is 0 Å². The van der Waals surface area contributed by atoms with Crippen molar-refractivity contribution in [3.8, 4) is 5.75 Å². The van der Waals surface area contributed by atoms with Crippen molar-refractivity contribution in [1.82, 2.24) is 10.2 Å². The molecule has 0 aliphatic heterocycles. The molecule has 0 saturated heterocycles. The molecule has 0 heterocycles. The quantitative estimate of drug-likeness (QED) is 0.296. The van der Waals surface area contributed by atoms with Crippen LogP contribution in [0.25, 0.3) is 0 Å². The van der Waals surface area contributed by atoms with Crippen LogP contribution in [0.5, 0.6) is 5.75 Å². The first-order valence-corrected chi connectivity index (χ1v) is 15.6. The van der Waals surface area contributed by atoms with Gasteiger partial charge >= 0.3 is 0 Å². The van der Waals surface area contributed by atoms with Crippen LogP contribution < -0.4 is 14.4 Å². The molecule has 3 aromatic rings. The smallest absolute Gasteiger partial charge is 0.244 e. The Kier molecular flexibility index (Phi) is 11.0. The SMILES string of the molecule is COc1ccc(Cl)cc1N(CC(=O)N(Cc1cccc(Br)c1)C(Cc1ccccc1)C(=O)NC(C)C)S(C)(=O)=O. The van der Waals surface area contributed by atoms with Gasteiger partial charge in [-0.3, -0.25) is 13.9 Å². The van der Waals surface area contributed by atoms with E-state index in [0.29, 0.717) is 0 Å². The fourth-order valence-electron chi connectivity index (χ4n) is 4.22. The predicted octanol–water partition coefficient (Wildman–Crippen LogP) is 5.04. The Morgan fingerprint density at radius 2 is 1.68 bits per heavy atom. The monoisotopic (exact) mass is 649 g/mol. The topological polar surface area (TPSA) is 96.0 Å². The van der Waals surface area contributed by atoms with Gasteiger partial charge in [0.25, 0.3) is 0 Å². The Morgan fingerprint density at radius 1 is 1.00 bits per heavy atom. The van der Waals surface area contributed by atoms with Crippen LogP contribution in [0, 0.1) is 0 Å². The Morgan fingerprint density at radius 3 is 2.27 bits per heavy atom. The third-order valence-corrected chi connectivity index (χ3v) is 7.89. The maximum Gasteiger partial charge on any atom is 0.244 e. The number of sulfonamides is 1. The highest BCUT2D eigenvalue weighted by Crippen LogP contribution is 2.33. The van der Waals surface area contributed by atoms with Gasteiger partial charge < -0.3 is 15.0 Å². The van der Waals surface area contributed by atoms with Gasteiger partial charge in [0.2, 0.25) is 21.8 Å². The molecule has 1 atom stereocenters. The number of carbonyl (C=O) groups is 2. The zero-order chi connectivity index (χ0) is 29.4. The molecule has 0 aliphatic rings. The summed E-state index contributed by atoms with van der Waals surface area (Å²) in [6.07, 6.45) is 1.24. The lowest BCUT2D eigenvalue weighted by molar-refractivity contribution is -0.140. The van der Waals surface area contributed by atoms with E-state index in [1.54, 1.807) is 6.07 Å². The molecule has 0 spiro atoms. The van der Waals surface area contributed by atoms with Crippen LogP contribution in [0.15, 0.2) is 77.3 Å². The average Bonchev–Trinajstić information content (AvgIpc) is 2.88. The van der Waals surface area contributed by atoms with E-state index in [1.807, 2.05) is 68.4 Å². The summed E-state index contributed by atoms with van der Waals surface area (Å²) in [5, 5.41) is 3.20. The minimum absolute atomic E-state index is 0.0750. The van der Waals surface area contributed by atoms with Crippen molar-refractivity contribution in [3.63, 3.8) is 0 Å².